The molecule has 0 radical (unpaired) electrons. The zero-order valence-electron chi connectivity index (χ0n) is 7.22. The molecule has 2 aliphatic rings. The fraction of sp³-hybridized carbons (Fsp3) is 0.889. The van der Waals surface area contributed by atoms with Crippen molar-refractivity contribution < 1.29 is 18.7 Å². The summed E-state index contributed by atoms with van der Waals surface area (Å²) in [5, 5.41) is 8.71. The summed E-state index contributed by atoms with van der Waals surface area (Å²) in [7, 11) is 0. The molecule has 2 rings (SSSR count). The van der Waals surface area contributed by atoms with Crippen LogP contribution in [0.3, 0.4) is 0 Å². The predicted octanol–water partition coefficient (Wildman–Crippen LogP) is 2.29. The second kappa shape index (κ2) is 2.42. The van der Waals surface area contributed by atoms with Crippen LogP contribution < -0.4 is 0 Å². The number of halogens is 2. The summed E-state index contributed by atoms with van der Waals surface area (Å²) in [5.41, 5.74) is -0.256. The average Bonchev–Trinajstić information content (AvgIpc) is 2.72. The van der Waals surface area contributed by atoms with E-state index < -0.39 is 11.9 Å². The van der Waals surface area contributed by atoms with Crippen LogP contribution in [0.1, 0.15) is 32.1 Å². The molecule has 74 valence electrons. The van der Waals surface area contributed by atoms with Crippen molar-refractivity contribution in [3.8, 4) is 0 Å². The first kappa shape index (κ1) is 8.91. The molecule has 2 saturated carbocycles. The largest absolute Gasteiger partial charge is 0.481 e. The van der Waals surface area contributed by atoms with Gasteiger partial charge in [0.1, 0.15) is 0 Å². The van der Waals surface area contributed by atoms with Gasteiger partial charge in [0.25, 0.3) is 0 Å². The highest BCUT2D eigenvalue weighted by Gasteiger charge is 2.61. The molecule has 1 atom stereocenters. The highest BCUT2D eigenvalue weighted by molar-refractivity contribution is 5.74. The third-order valence-corrected chi connectivity index (χ3v) is 3.47. The van der Waals surface area contributed by atoms with E-state index in [1.807, 2.05) is 0 Å². The van der Waals surface area contributed by atoms with Gasteiger partial charge in [0.15, 0.2) is 0 Å². The van der Waals surface area contributed by atoms with Crippen LogP contribution in [0.2, 0.25) is 0 Å². The molecule has 0 saturated heterocycles. The molecule has 1 spiro atoms. The summed E-state index contributed by atoms with van der Waals surface area (Å²) in [5.74, 6) is -3.70. The van der Waals surface area contributed by atoms with E-state index in [-0.39, 0.29) is 24.2 Å². The van der Waals surface area contributed by atoms with Crippen LogP contribution in [0.25, 0.3) is 0 Å². The van der Waals surface area contributed by atoms with E-state index in [0.29, 0.717) is 19.3 Å². The van der Waals surface area contributed by atoms with E-state index in [9.17, 15) is 13.6 Å². The van der Waals surface area contributed by atoms with Crippen molar-refractivity contribution in [1.29, 1.82) is 0 Å². The maximum Gasteiger partial charge on any atom is 0.307 e. The minimum Gasteiger partial charge on any atom is -0.481 e. The molecular formula is C9H12F2O2. The van der Waals surface area contributed by atoms with Crippen LogP contribution in [0, 0.1) is 11.3 Å². The SMILES string of the molecule is O=C(O)[C@@H]1CC12CCC(F)(F)CC2. The number of hydrogen-bond donors (Lipinski definition) is 1. The van der Waals surface area contributed by atoms with Crippen molar-refractivity contribution in [3.63, 3.8) is 0 Å². The Balaban J connectivity index is 1.97. The quantitative estimate of drug-likeness (QED) is 0.688. The lowest BCUT2D eigenvalue weighted by Crippen LogP contribution is -2.27. The minimum absolute atomic E-state index is 0.128. The molecule has 2 fully saturated rings. The number of carboxylic acids is 1. The third kappa shape index (κ3) is 1.42. The van der Waals surface area contributed by atoms with Gasteiger partial charge in [0.05, 0.1) is 5.92 Å². The maximum atomic E-state index is 12.8. The number of aliphatic carboxylic acids is 1. The van der Waals surface area contributed by atoms with Gasteiger partial charge in [-0.1, -0.05) is 0 Å². The minimum atomic E-state index is -2.54. The zero-order valence-corrected chi connectivity index (χ0v) is 7.22. The predicted molar refractivity (Wildman–Crippen MR) is 41.6 cm³/mol. The lowest BCUT2D eigenvalue weighted by molar-refractivity contribution is -0.140. The Labute approximate surface area is 74.9 Å². The van der Waals surface area contributed by atoms with Gasteiger partial charge >= 0.3 is 5.97 Å². The summed E-state index contributed by atoms with van der Waals surface area (Å²) < 4.78 is 25.5. The lowest BCUT2D eigenvalue weighted by atomic mass is 9.82. The monoisotopic (exact) mass is 190 g/mol. The molecule has 13 heavy (non-hydrogen) atoms. The van der Waals surface area contributed by atoms with Crippen LogP contribution >= 0.6 is 0 Å². The van der Waals surface area contributed by atoms with Crippen LogP contribution in [-0.4, -0.2) is 17.0 Å². The number of carbonyl (C=O) groups is 1. The summed E-state index contributed by atoms with van der Waals surface area (Å²) in [6.45, 7) is 0. The van der Waals surface area contributed by atoms with Crippen molar-refractivity contribution in [2.45, 2.75) is 38.0 Å². The molecule has 1 N–H and O–H groups in total. The molecule has 0 bridgehead atoms. The third-order valence-electron chi connectivity index (χ3n) is 3.47. The van der Waals surface area contributed by atoms with Crippen LogP contribution in [-0.2, 0) is 4.79 Å². The summed E-state index contributed by atoms with van der Waals surface area (Å²) >= 11 is 0. The van der Waals surface area contributed by atoms with Gasteiger partial charge in [-0.25, -0.2) is 8.78 Å². The van der Waals surface area contributed by atoms with Crippen LogP contribution in [0.4, 0.5) is 8.78 Å². The first-order valence-corrected chi connectivity index (χ1v) is 4.56. The molecule has 0 unspecified atom stereocenters. The first-order valence-electron chi connectivity index (χ1n) is 4.56. The Morgan fingerprint density at radius 3 is 2.15 bits per heavy atom. The van der Waals surface area contributed by atoms with E-state index in [0.717, 1.165) is 0 Å². The van der Waals surface area contributed by atoms with Crippen molar-refractivity contribution >= 4 is 5.97 Å². The molecule has 2 aliphatic carbocycles. The molecule has 0 aromatic carbocycles. The fourth-order valence-corrected chi connectivity index (χ4v) is 2.36. The van der Waals surface area contributed by atoms with Gasteiger partial charge in [0.2, 0.25) is 5.92 Å². The summed E-state index contributed by atoms with van der Waals surface area (Å²) in [4.78, 5) is 10.6. The van der Waals surface area contributed by atoms with E-state index in [1.165, 1.54) is 0 Å². The second-order valence-electron chi connectivity index (χ2n) is 4.31. The van der Waals surface area contributed by atoms with Gasteiger partial charge in [-0.2, -0.15) is 0 Å². The van der Waals surface area contributed by atoms with Gasteiger partial charge in [-0.15, -0.1) is 0 Å². The van der Waals surface area contributed by atoms with Gasteiger partial charge in [-0.3, -0.25) is 4.79 Å². The van der Waals surface area contributed by atoms with E-state index >= 15 is 0 Å². The number of rotatable bonds is 1. The van der Waals surface area contributed by atoms with Crippen molar-refractivity contribution in [2.24, 2.45) is 11.3 Å². The standard InChI is InChI=1S/C9H12F2O2/c10-9(11)3-1-8(2-4-9)5-6(8)7(12)13/h6H,1-5H2,(H,12,13)/t6-/m0/s1. The Hall–Kier alpha value is -0.670. The number of hydrogen-bond acceptors (Lipinski definition) is 1. The summed E-state index contributed by atoms with van der Waals surface area (Å²) in [6.07, 6.45) is 1.12. The first-order chi connectivity index (χ1) is 5.95. The maximum absolute atomic E-state index is 12.8. The smallest absolute Gasteiger partial charge is 0.307 e. The molecule has 4 heteroatoms. The Bertz CT molecular complexity index is 240. The van der Waals surface area contributed by atoms with Crippen molar-refractivity contribution in [1.82, 2.24) is 0 Å². The normalized spacial score (nSPS) is 34.5. The molecule has 0 aromatic heterocycles. The van der Waals surface area contributed by atoms with Crippen LogP contribution in [0.15, 0.2) is 0 Å². The topological polar surface area (TPSA) is 37.3 Å². The van der Waals surface area contributed by atoms with Crippen LogP contribution in [0.5, 0.6) is 0 Å². The molecule has 0 amide bonds. The molecule has 0 heterocycles. The van der Waals surface area contributed by atoms with E-state index in [4.69, 9.17) is 5.11 Å². The van der Waals surface area contributed by atoms with Gasteiger partial charge in [-0.05, 0) is 24.7 Å². The Morgan fingerprint density at radius 2 is 1.77 bits per heavy atom. The van der Waals surface area contributed by atoms with E-state index in [2.05, 4.69) is 0 Å². The molecule has 2 nitrogen and oxygen atoms in total. The number of alkyl halides is 2. The highest BCUT2D eigenvalue weighted by Crippen LogP contribution is 2.63. The van der Waals surface area contributed by atoms with Crippen molar-refractivity contribution in [3.05, 3.63) is 0 Å². The van der Waals surface area contributed by atoms with Crippen molar-refractivity contribution in [2.75, 3.05) is 0 Å². The highest BCUT2D eigenvalue weighted by atomic mass is 19.3. The molecular weight excluding hydrogens is 178 g/mol. The fourth-order valence-electron chi connectivity index (χ4n) is 2.36. The summed E-state index contributed by atoms with van der Waals surface area (Å²) in [6, 6.07) is 0. The van der Waals surface area contributed by atoms with E-state index in [1.54, 1.807) is 0 Å². The Morgan fingerprint density at radius 1 is 1.23 bits per heavy atom. The molecule has 0 aromatic rings. The second-order valence-corrected chi connectivity index (χ2v) is 4.31. The number of carboxylic acid groups (broad SMARTS) is 1. The zero-order chi connectivity index (χ0) is 9.69. The average molecular weight is 190 g/mol. The lowest BCUT2D eigenvalue weighted by Gasteiger charge is -2.28. The van der Waals surface area contributed by atoms with Gasteiger partial charge in [0, 0.05) is 12.8 Å². The molecule has 0 aliphatic heterocycles. The van der Waals surface area contributed by atoms with Gasteiger partial charge < -0.3 is 5.11 Å². The Kier molecular flexibility index (Phi) is 1.66.